The third-order valence-corrected chi connectivity index (χ3v) is 6.51. The number of amides is 1. The van der Waals surface area contributed by atoms with Crippen LogP contribution in [0.4, 0.5) is 11.4 Å². The molecule has 3 aromatic carbocycles. The highest BCUT2D eigenvalue weighted by molar-refractivity contribution is 7.99. The number of benzene rings is 3. The van der Waals surface area contributed by atoms with E-state index in [4.69, 9.17) is 11.6 Å². The molecule has 1 heterocycles. The van der Waals surface area contributed by atoms with Crippen LogP contribution in [0.3, 0.4) is 0 Å². The highest BCUT2D eigenvalue weighted by atomic mass is 35.5. The van der Waals surface area contributed by atoms with Gasteiger partial charge >= 0.3 is 0 Å². The Kier molecular flexibility index (Phi) is 6.67. The van der Waals surface area contributed by atoms with Crippen LogP contribution in [-0.4, -0.2) is 26.1 Å². The number of nitro groups is 1. The molecule has 10 heteroatoms. The van der Waals surface area contributed by atoms with Gasteiger partial charge in [-0.2, -0.15) is 0 Å². The van der Waals surface area contributed by atoms with E-state index < -0.39 is 10.8 Å². The first-order valence-electron chi connectivity index (χ1n) is 10.2. The average Bonchev–Trinajstić information content (AvgIpc) is 2.81. The minimum absolute atomic E-state index is 0.0184. The standard InChI is InChI=1S/C24H19ClN4O4S/c1-14-7-9-17(11-15(14)2)28-23(31)18-5-3-4-6-20(18)27-24(28)34-13-22(30)26-16-8-10-19(25)21(12-16)29(32)33/h3-12H,13H2,1-2H3,(H,26,30). The Labute approximate surface area is 203 Å². The molecule has 1 amide bonds. The summed E-state index contributed by atoms with van der Waals surface area (Å²) in [5.74, 6) is -0.470. The number of anilines is 1. The van der Waals surface area contributed by atoms with E-state index in [0.717, 1.165) is 22.9 Å². The van der Waals surface area contributed by atoms with E-state index in [0.29, 0.717) is 21.7 Å². The van der Waals surface area contributed by atoms with E-state index in [1.54, 1.807) is 24.3 Å². The third-order valence-electron chi connectivity index (χ3n) is 5.25. The largest absolute Gasteiger partial charge is 0.325 e. The zero-order chi connectivity index (χ0) is 24.4. The number of hydrogen-bond donors (Lipinski definition) is 1. The molecule has 4 rings (SSSR count). The topological polar surface area (TPSA) is 107 Å². The lowest BCUT2D eigenvalue weighted by atomic mass is 10.1. The minimum Gasteiger partial charge on any atom is -0.325 e. The first-order valence-corrected chi connectivity index (χ1v) is 11.6. The van der Waals surface area contributed by atoms with Gasteiger partial charge in [-0.15, -0.1) is 0 Å². The number of nitrogens with zero attached hydrogens (tertiary/aromatic N) is 3. The Hall–Kier alpha value is -3.69. The fraction of sp³-hybridized carbons (Fsp3) is 0.125. The van der Waals surface area contributed by atoms with Crippen molar-refractivity contribution in [2.45, 2.75) is 19.0 Å². The van der Waals surface area contributed by atoms with Gasteiger partial charge in [-0.25, -0.2) is 4.98 Å². The van der Waals surface area contributed by atoms with Crippen LogP contribution in [-0.2, 0) is 4.79 Å². The lowest BCUT2D eigenvalue weighted by Gasteiger charge is -2.14. The average molecular weight is 495 g/mol. The second-order valence-corrected chi connectivity index (χ2v) is 8.93. The molecule has 0 aliphatic carbocycles. The van der Waals surface area contributed by atoms with Gasteiger partial charge in [-0.05, 0) is 61.4 Å². The predicted molar refractivity (Wildman–Crippen MR) is 134 cm³/mol. The van der Waals surface area contributed by atoms with Crippen LogP contribution in [0.1, 0.15) is 11.1 Å². The van der Waals surface area contributed by atoms with Crippen molar-refractivity contribution >= 4 is 51.5 Å². The number of aryl methyl sites for hydroxylation is 2. The molecule has 8 nitrogen and oxygen atoms in total. The smallest absolute Gasteiger partial charge is 0.289 e. The van der Waals surface area contributed by atoms with Gasteiger partial charge in [-0.3, -0.25) is 24.3 Å². The lowest BCUT2D eigenvalue weighted by molar-refractivity contribution is -0.384. The normalized spacial score (nSPS) is 10.9. The minimum atomic E-state index is -0.617. The number of nitro benzene ring substituents is 1. The summed E-state index contributed by atoms with van der Waals surface area (Å²) in [6.45, 7) is 3.95. The van der Waals surface area contributed by atoms with E-state index in [-0.39, 0.29) is 27.7 Å². The molecular formula is C24H19ClN4O4S. The van der Waals surface area contributed by atoms with Crippen molar-refractivity contribution in [2.75, 3.05) is 11.1 Å². The Bertz CT molecular complexity index is 1500. The SMILES string of the molecule is Cc1ccc(-n2c(SCC(=O)Nc3ccc(Cl)c([N+](=O)[O-])c3)nc3ccccc3c2=O)cc1C. The van der Waals surface area contributed by atoms with Crippen molar-refractivity contribution in [2.24, 2.45) is 0 Å². The van der Waals surface area contributed by atoms with Gasteiger partial charge in [0.2, 0.25) is 5.91 Å². The molecule has 34 heavy (non-hydrogen) atoms. The second kappa shape index (κ2) is 9.66. The van der Waals surface area contributed by atoms with Crippen LogP contribution in [0.25, 0.3) is 16.6 Å². The molecule has 0 bridgehead atoms. The highest BCUT2D eigenvalue weighted by Gasteiger charge is 2.17. The number of halogens is 1. The molecule has 1 aromatic heterocycles. The van der Waals surface area contributed by atoms with E-state index in [1.807, 2.05) is 32.0 Å². The molecule has 172 valence electrons. The molecule has 0 saturated carbocycles. The van der Waals surface area contributed by atoms with Gasteiger partial charge < -0.3 is 5.32 Å². The summed E-state index contributed by atoms with van der Waals surface area (Å²) in [6.07, 6.45) is 0. The molecule has 0 unspecified atom stereocenters. The monoisotopic (exact) mass is 494 g/mol. The summed E-state index contributed by atoms with van der Waals surface area (Å²) in [4.78, 5) is 41.0. The Morgan fingerprint density at radius 1 is 1.12 bits per heavy atom. The molecule has 0 aliphatic rings. The first kappa shape index (κ1) is 23.5. The quantitative estimate of drug-likeness (QED) is 0.169. The highest BCUT2D eigenvalue weighted by Crippen LogP contribution is 2.28. The van der Waals surface area contributed by atoms with Crippen molar-refractivity contribution in [3.05, 3.63) is 97.3 Å². The Balaban J connectivity index is 1.65. The zero-order valence-electron chi connectivity index (χ0n) is 18.2. The lowest BCUT2D eigenvalue weighted by Crippen LogP contribution is -2.23. The number of fused-ring (bicyclic) bond motifs is 1. The van der Waals surface area contributed by atoms with E-state index >= 15 is 0 Å². The van der Waals surface area contributed by atoms with Crippen LogP contribution in [0.5, 0.6) is 0 Å². The molecular weight excluding hydrogens is 476 g/mol. The van der Waals surface area contributed by atoms with Crippen LogP contribution in [0.15, 0.2) is 70.6 Å². The summed E-state index contributed by atoms with van der Waals surface area (Å²) < 4.78 is 1.50. The van der Waals surface area contributed by atoms with Gasteiger partial charge in [0.25, 0.3) is 11.2 Å². The maximum absolute atomic E-state index is 13.3. The Morgan fingerprint density at radius 2 is 1.88 bits per heavy atom. The van der Waals surface area contributed by atoms with E-state index in [2.05, 4.69) is 10.3 Å². The van der Waals surface area contributed by atoms with E-state index in [1.165, 1.54) is 22.8 Å². The van der Waals surface area contributed by atoms with Crippen molar-refractivity contribution in [3.8, 4) is 5.69 Å². The summed E-state index contributed by atoms with van der Waals surface area (Å²) >= 11 is 6.93. The van der Waals surface area contributed by atoms with Crippen molar-refractivity contribution < 1.29 is 9.72 Å². The molecule has 0 atom stereocenters. The zero-order valence-corrected chi connectivity index (χ0v) is 19.8. The number of para-hydroxylation sites is 1. The van der Waals surface area contributed by atoms with Crippen molar-refractivity contribution in [1.29, 1.82) is 0 Å². The molecule has 0 aliphatic heterocycles. The summed E-state index contributed by atoms with van der Waals surface area (Å²) in [5, 5.41) is 14.5. The first-order chi connectivity index (χ1) is 16.2. The van der Waals surface area contributed by atoms with Crippen molar-refractivity contribution in [3.63, 3.8) is 0 Å². The molecule has 0 fully saturated rings. The second-order valence-electron chi connectivity index (χ2n) is 7.58. The number of aromatic nitrogens is 2. The molecule has 4 aromatic rings. The van der Waals surface area contributed by atoms with Gasteiger partial charge in [0.05, 0.1) is 27.3 Å². The molecule has 1 N–H and O–H groups in total. The summed E-state index contributed by atoms with van der Waals surface area (Å²) in [5.41, 5.74) is 3.02. The molecule has 0 radical (unpaired) electrons. The number of rotatable bonds is 6. The maximum Gasteiger partial charge on any atom is 0.289 e. The van der Waals surface area contributed by atoms with Gasteiger partial charge in [0, 0.05) is 11.8 Å². The van der Waals surface area contributed by atoms with Gasteiger partial charge in [0.1, 0.15) is 5.02 Å². The van der Waals surface area contributed by atoms with Crippen molar-refractivity contribution in [1.82, 2.24) is 9.55 Å². The van der Waals surface area contributed by atoms with Crippen LogP contribution >= 0.6 is 23.4 Å². The van der Waals surface area contributed by atoms with Crippen LogP contribution < -0.4 is 10.9 Å². The fourth-order valence-corrected chi connectivity index (χ4v) is 4.36. The van der Waals surface area contributed by atoms with Crippen LogP contribution in [0, 0.1) is 24.0 Å². The fourth-order valence-electron chi connectivity index (χ4n) is 3.36. The number of hydrogen-bond acceptors (Lipinski definition) is 6. The number of thioether (sulfide) groups is 1. The number of carbonyl (C=O) groups excluding carboxylic acids is 1. The maximum atomic E-state index is 13.3. The predicted octanol–water partition coefficient (Wildman–Crippen LogP) is 5.29. The van der Waals surface area contributed by atoms with Gasteiger partial charge in [-0.1, -0.05) is 41.6 Å². The van der Waals surface area contributed by atoms with E-state index in [9.17, 15) is 19.7 Å². The summed E-state index contributed by atoms with van der Waals surface area (Å²) in [6, 6.07) is 16.8. The van der Waals surface area contributed by atoms with Crippen LogP contribution in [0.2, 0.25) is 5.02 Å². The Morgan fingerprint density at radius 3 is 2.62 bits per heavy atom. The molecule has 0 saturated heterocycles. The number of carbonyl (C=O) groups is 1. The number of nitrogens with one attached hydrogen (secondary N) is 1. The summed E-state index contributed by atoms with van der Waals surface area (Å²) in [7, 11) is 0. The molecule has 0 spiro atoms. The third kappa shape index (κ3) is 4.80. The van der Waals surface area contributed by atoms with Gasteiger partial charge in [0.15, 0.2) is 5.16 Å².